The maximum atomic E-state index is 11.9. The summed E-state index contributed by atoms with van der Waals surface area (Å²) < 4.78 is 11.4. The van der Waals surface area contributed by atoms with Crippen LogP contribution in [0, 0.1) is 0 Å². The van der Waals surface area contributed by atoms with Gasteiger partial charge in [-0.05, 0) is 41.7 Å². The lowest BCUT2D eigenvalue weighted by molar-refractivity contribution is -0.130. The SMILES string of the molecule is COc1cc2c(cc1OCC(=O)N(C)C)CCN1CC(c3ccccc3)C(N)CC21. The molecule has 0 bridgehead atoms. The van der Waals surface area contributed by atoms with Crippen molar-refractivity contribution < 1.29 is 14.3 Å². The normalized spacial score (nSPS) is 23.3. The Bertz CT molecular complexity index is 900. The van der Waals surface area contributed by atoms with Gasteiger partial charge in [-0.1, -0.05) is 30.3 Å². The van der Waals surface area contributed by atoms with E-state index in [4.69, 9.17) is 15.2 Å². The average Bonchev–Trinajstić information content (AvgIpc) is 2.76. The number of hydrogen-bond donors (Lipinski definition) is 1. The number of methoxy groups -OCH3 is 1. The van der Waals surface area contributed by atoms with E-state index in [9.17, 15) is 4.79 Å². The number of nitrogens with zero attached hydrogens (tertiary/aromatic N) is 2. The summed E-state index contributed by atoms with van der Waals surface area (Å²) in [5, 5.41) is 0. The number of nitrogens with two attached hydrogens (primary N) is 1. The molecule has 2 aromatic rings. The van der Waals surface area contributed by atoms with Crippen molar-refractivity contribution >= 4 is 5.91 Å². The number of piperidine rings is 1. The highest BCUT2D eigenvalue weighted by atomic mass is 16.5. The van der Waals surface area contributed by atoms with Crippen LogP contribution in [0.4, 0.5) is 0 Å². The third-order valence-electron chi connectivity index (χ3n) is 6.41. The Morgan fingerprint density at radius 1 is 1.20 bits per heavy atom. The molecule has 2 aliphatic heterocycles. The van der Waals surface area contributed by atoms with Crippen LogP contribution in [0.5, 0.6) is 11.5 Å². The lowest BCUT2D eigenvalue weighted by Gasteiger charge is -2.46. The number of ether oxygens (including phenoxy) is 2. The molecule has 0 spiro atoms. The fourth-order valence-electron chi connectivity index (χ4n) is 4.66. The van der Waals surface area contributed by atoms with Gasteiger partial charge in [0.1, 0.15) is 0 Å². The maximum Gasteiger partial charge on any atom is 0.259 e. The minimum atomic E-state index is -0.0776. The Labute approximate surface area is 178 Å². The molecule has 4 rings (SSSR count). The molecule has 6 nitrogen and oxygen atoms in total. The summed E-state index contributed by atoms with van der Waals surface area (Å²) in [4.78, 5) is 16.0. The zero-order valence-electron chi connectivity index (χ0n) is 18.0. The molecule has 2 aromatic carbocycles. The second-order valence-corrected chi connectivity index (χ2v) is 8.46. The van der Waals surface area contributed by atoms with E-state index >= 15 is 0 Å². The van der Waals surface area contributed by atoms with Crippen molar-refractivity contribution in [2.45, 2.75) is 30.8 Å². The van der Waals surface area contributed by atoms with Crippen LogP contribution in [0.15, 0.2) is 42.5 Å². The van der Waals surface area contributed by atoms with E-state index in [1.165, 1.54) is 21.6 Å². The molecule has 3 atom stereocenters. The first-order valence-electron chi connectivity index (χ1n) is 10.6. The minimum Gasteiger partial charge on any atom is -0.493 e. The quantitative estimate of drug-likeness (QED) is 0.822. The van der Waals surface area contributed by atoms with Gasteiger partial charge in [-0.25, -0.2) is 0 Å². The standard InChI is InChI=1S/C24H31N3O3/c1-26(2)24(28)15-30-23-11-17-9-10-27-14-19(16-7-5-4-6-8-16)20(25)13-21(27)18(17)12-22(23)29-3/h4-8,11-12,19-21H,9-10,13-15,25H2,1-3H3. The van der Waals surface area contributed by atoms with Crippen molar-refractivity contribution in [3.05, 3.63) is 59.2 Å². The zero-order valence-corrected chi connectivity index (χ0v) is 18.0. The monoisotopic (exact) mass is 409 g/mol. The number of amides is 1. The number of benzene rings is 2. The summed E-state index contributed by atoms with van der Waals surface area (Å²) in [5.74, 6) is 1.57. The predicted molar refractivity (Wildman–Crippen MR) is 117 cm³/mol. The summed E-state index contributed by atoms with van der Waals surface area (Å²) >= 11 is 0. The molecular formula is C24H31N3O3. The lowest BCUT2D eigenvalue weighted by Crippen LogP contribution is -2.49. The summed E-state index contributed by atoms with van der Waals surface area (Å²) in [6.07, 6.45) is 1.86. The van der Waals surface area contributed by atoms with Crippen molar-refractivity contribution in [2.24, 2.45) is 5.73 Å². The van der Waals surface area contributed by atoms with Gasteiger partial charge >= 0.3 is 0 Å². The van der Waals surface area contributed by atoms with E-state index < -0.39 is 0 Å². The molecular weight excluding hydrogens is 378 g/mol. The molecule has 1 saturated heterocycles. The average molecular weight is 410 g/mol. The van der Waals surface area contributed by atoms with Crippen molar-refractivity contribution in [3.63, 3.8) is 0 Å². The topological polar surface area (TPSA) is 68.0 Å². The van der Waals surface area contributed by atoms with Gasteiger partial charge in [0.25, 0.3) is 5.91 Å². The maximum absolute atomic E-state index is 11.9. The van der Waals surface area contributed by atoms with E-state index in [-0.39, 0.29) is 24.6 Å². The van der Waals surface area contributed by atoms with Crippen LogP contribution in [0.25, 0.3) is 0 Å². The Morgan fingerprint density at radius 2 is 1.97 bits per heavy atom. The molecule has 0 aliphatic carbocycles. The molecule has 3 unspecified atom stereocenters. The summed E-state index contributed by atoms with van der Waals surface area (Å²) in [7, 11) is 5.08. The highest BCUT2D eigenvalue weighted by Gasteiger charge is 2.38. The minimum absolute atomic E-state index is 0.00132. The summed E-state index contributed by atoms with van der Waals surface area (Å²) in [5.41, 5.74) is 10.5. The third kappa shape index (κ3) is 4.02. The molecule has 2 heterocycles. The van der Waals surface area contributed by atoms with Gasteiger partial charge < -0.3 is 20.1 Å². The molecule has 2 aliphatic rings. The molecule has 6 heteroatoms. The van der Waals surface area contributed by atoms with Crippen LogP contribution in [0.2, 0.25) is 0 Å². The van der Waals surface area contributed by atoms with Crippen molar-refractivity contribution in [3.8, 4) is 11.5 Å². The van der Waals surface area contributed by atoms with Gasteiger partial charge in [0.05, 0.1) is 7.11 Å². The summed E-state index contributed by atoms with van der Waals surface area (Å²) in [6, 6.07) is 15.1. The molecule has 160 valence electrons. The van der Waals surface area contributed by atoms with Gasteiger partial charge in [0.15, 0.2) is 18.1 Å². The fraction of sp³-hybridized carbons (Fsp3) is 0.458. The molecule has 2 N–H and O–H groups in total. The first-order valence-corrected chi connectivity index (χ1v) is 10.6. The molecule has 30 heavy (non-hydrogen) atoms. The highest BCUT2D eigenvalue weighted by Crippen LogP contribution is 2.44. The van der Waals surface area contributed by atoms with Crippen molar-refractivity contribution in [1.29, 1.82) is 0 Å². The first kappa shape index (κ1) is 20.7. The second kappa shape index (κ2) is 8.66. The molecule has 0 saturated carbocycles. The van der Waals surface area contributed by atoms with Crippen LogP contribution in [-0.2, 0) is 11.2 Å². The number of likely N-dealkylation sites (N-methyl/N-ethyl adjacent to an activating group) is 1. The van der Waals surface area contributed by atoms with Gasteiger partial charge in [-0.2, -0.15) is 0 Å². The Morgan fingerprint density at radius 3 is 2.67 bits per heavy atom. The van der Waals surface area contributed by atoms with Crippen LogP contribution in [-0.4, -0.2) is 62.7 Å². The predicted octanol–water partition coefficient (Wildman–Crippen LogP) is 2.58. The highest BCUT2D eigenvalue weighted by molar-refractivity contribution is 5.77. The Balaban J connectivity index is 1.56. The van der Waals surface area contributed by atoms with Crippen molar-refractivity contribution in [2.75, 3.05) is 40.9 Å². The van der Waals surface area contributed by atoms with Gasteiger partial charge in [-0.3, -0.25) is 9.69 Å². The zero-order chi connectivity index (χ0) is 21.3. The lowest BCUT2D eigenvalue weighted by atomic mass is 9.78. The van der Waals surface area contributed by atoms with E-state index in [0.29, 0.717) is 17.4 Å². The molecule has 0 radical (unpaired) electrons. The number of rotatable bonds is 5. The number of carbonyl (C=O) groups excluding carboxylic acids is 1. The van der Waals surface area contributed by atoms with Gasteiger partial charge in [-0.15, -0.1) is 0 Å². The number of carbonyl (C=O) groups is 1. The smallest absolute Gasteiger partial charge is 0.259 e. The summed E-state index contributed by atoms with van der Waals surface area (Å²) in [6.45, 7) is 1.96. The van der Waals surface area contributed by atoms with Crippen LogP contribution < -0.4 is 15.2 Å². The second-order valence-electron chi connectivity index (χ2n) is 8.46. The van der Waals surface area contributed by atoms with E-state index in [1.807, 2.05) is 6.07 Å². The fourth-order valence-corrected chi connectivity index (χ4v) is 4.66. The third-order valence-corrected chi connectivity index (χ3v) is 6.41. The van der Waals surface area contributed by atoms with E-state index in [1.54, 1.807) is 21.2 Å². The van der Waals surface area contributed by atoms with E-state index in [2.05, 4.69) is 41.3 Å². The number of hydrogen-bond acceptors (Lipinski definition) is 5. The van der Waals surface area contributed by atoms with E-state index in [0.717, 1.165) is 25.9 Å². The van der Waals surface area contributed by atoms with Crippen LogP contribution in [0.3, 0.4) is 0 Å². The van der Waals surface area contributed by atoms with Gasteiger partial charge in [0, 0.05) is 45.2 Å². The Kier molecular flexibility index (Phi) is 5.97. The Hall–Kier alpha value is -2.57. The first-order chi connectivity index (χ1) is 14.5. The largest absolute Gasteiger partial charge is 0.493 e. The van der Waals surface area contributed by atoms with Crippen LogP contribution in [0.1, 0.15) is 35.1 Å². The van der Waals surface area contributed by atoms with Gasteiger partial charge in [0.2, 0.25) is 0 Å². The van der Waals surface area contributed by atoms with Crippen LogP contribution >= 0.6 is 0 Å². The molecule has 1 fully saturated rings. The van der Waals surface area contributed by atoms with Crippen molar-refractivity contribution in [1.82, 2.24) is 9.80 Å². The molecule has 1 amide bonds. The molecule has 0 aromatic heterocycles. The number of fused-ring (bicyclic) bond motifs is 3.